The molecule has 0 aliphatic carbocycles. The number of rotatable bonds is 10. The summed E-state index contributed by atoms with van der Waals surface area (Å²) in [5, 5.41) is 4.54. The van der Waals surface area contributed by atoms with Crippen LogP contribution in [0.25, 0.3) is 0 Å². The van der Waals surface area contributed by atoms with Crippen LogP contribution in [0, 0.1) is 5.92 Å². The lowest BCUT2D eigenvalue weighted by Gasteiger charge is -2.26. The number of hydrogen-bond acceptors (Lipinski definition) is 8. The maximum absolute atomic E-state index is 12.0. The van der Waals surface area contributed by atoms with E-state index in [0.717, 1.165) is 23.6 Å². The summed E-state index contributed by atoms with van der Waals surface area (Å²) in [4.78, 5) is 24.1. The van der Waals surface area contributed by atoms with Crippen LogP contribution in [0.2, 0.25) is 0 Å². The van der Waals surface area contributed by atoms with Crippen LogP contribution in [-0.4, -0.2) is 68.3 Å². The Balaban J connectivity index is 0.000000415. The van der Waals surface area contributed by atoms with Crippen LogP contribution in [0.3, 0.4) is 0 Å². The number of methoxy groups -OCH3 is 4. The lowest BCUT2D eigenvalue weighted by atomic mass is 10.1. The first kappa shape index (κ1) is 32.4. The number of ether oxygens (including phenoxy) is 4. The van der Waals surface area contributed by atoms with Crippen molar-refractivity contribution >= 4 is 46.2 Å². The number of benzene rings is 2. The second kappa shape index (κ2) is 16.3. The summed E-state index contributed by atoms with van der Waals surface area (Å²) >= 11 is 10.7. The van der Waals surface area contributed by atoms with Crippen LogP contribution >= 0.6 is 24.4 Å². The Labute approximate surface area is 234 Å². The molecule has 1 unspecified atom stereocenters. The highest BCUT2D eigenvalue weighted by Crippen LogP contribution is 2.26. The van der Waals surface area contributed by atoms with Crippen LogP contribution in [0.4, 0.5) is 0 Å². The molecule has 0 aliphatic rings. The minimum Gasteiger partial charge on any atom is -0.497 e. The molecule has 0 saturated carbocycles. The maximum atomic E-state index is 12.0. The molecule has 208 valence electrons. The quantitative estimate of drug-likeness (QED) is 0.225. The summed E-state index contributed by atoms with van der Waals surface area (Å²) < 4.78 is 20.9. The molecule has 2 rings (SSSR count). The summed E-state index contributed by atoms with van der Waals surface area (Å²) in [5.74, 6) is 0.487. The van der Waals surface area contributed by atoms with Crippen molar-refractivity contribution in [2.24, 2.45) is 11.7 Å². The number of nitrogens with zero attached hydrogens (tertiary/aromatic N) is 1. The number of hydrazine groups is 1. The average Bonchev–Trinajstić information content (AvgIpc) is 2.94. The van der Waals surface area contributed by atoms with Crippen LogP contribution in [0.5, 0.6) is 23.0 Å². The first-order valence-electron chi connectivity index (χ1n) is 11.7. The number of thiocarbonyl (C=S) groups is 2. The third-order valence-electron chi connectivity index (χ3n) is 5.25. The summed E-state index contributed by atoms with van der Waals surface area (Å²) in [5.41, 5.74) is 9.18. The summed E-state index contributed by atoms with van der Waals surface area (Å²) in [6.45, 7) is 6.43. The van der Waals surface area contributed by atoms with E-state index in [2.05, 4.69) is 10.7 Å². The Bertz CT molecular complexity index is 1130. The van der Waals surface area contributed by atoms with Crippen molar-refractivity contribution < 1.29 is 28.5 Å². The molecule has 0 radical (unpaired) electrons. The third-order valence-corrected chi connectivity index (χ3v) is 6.06. The van der Waals surface area contributed by atoms with E-state index in [1.807, 2.05) is 32.0 Å². The molecule has 38 heavy (non-hydrogen) atoms. The van der Waals surface area contributed by atoms with Gasteiger partial charge in [-0.1, -0.05) is 24.4 Å². The van der Waals surface area contributed by atoms with E-state index in [-0.39, 0.29) is 0 Å². The molecule has 0 heterocycles. The van der Waals surface area contributed by atoms with Gasteiger partial charge in [0.25, 0.3) is 5.91 Å². The van der Waals surface area contributed by atoms with Gasteiger partial charge >= 0.3 is 0 Å². The minimum atomic E-state index is -0.959. The molecular weight excluding hydrogens is 528 g/mol. The molecule has 1 atom stereocenters. The van der Waals surface area contributed by atoms with E-state index in [1.54, 1.807) is 39.5 Å². The van der Waals surface area contributed by atoms with E-state index in [4.69, 9.17) is 49.1 Å². The number of nitrogens with one attached hydrogen (secondary N) is 2. The normalized spacial score (nSPS) is 10.6. The zero-order chi connectivity index (χ0) is 28.8. The molecule has 0 aromatic heterocycles. The molecule has 0 spiro atoms. The fourth-order valence-electron chi connectivity index (χ4n) is 3.01. The van der Waals surface area contributed by atoms with Gasteiger partial charge in [-0.3, -0.25) is 20.0 Å². The van der Waals surface area contributed by atoms with Crippen molar-refractivity contribution in [3.8, 4) is 23.0 Å². The van der Waals surface area contributed by atoms with E-state index >= 15 is 0 Å². The molecule has 2 aromatic rings. The fraction of sp³-hybridized carbons (Fsp3) is 0.385. The Kier molecular flexibility index (Phi) is 13.9. The Morgan fingerprint density at radius 1 is 0.895 bits per heavy atom. The van der Waals surface area contributed by atoms with Crippen molar-refractivity contribution in [3.05, 3.63) is 47.5 Å². The zero-order valence-corrected chi connectivity index (χ0v) is 24.4. The summed E-state index contributed by atoms with van der Waals surface area (Å²) in [7, 11) is 6.32. The first-order chi connectivity index (χ1) is 18.1. The number of primary amides is 1. The Hall–Kier alpha value is -3.64. The van der Waals surface area contributed by atoms with E-state index in [1.165, 1.54) is 19.0 Å². The monoisotopic (exact) mass is 564 g/mol. The van der Waals surface area contributed by atoms with Gasteiger partial charge in [-0.2, -0.15) is 0 Å². The van der Waals surface area contributed by atoms with Gasteiger partial charge in [0.1, 0.15) is 38.9 Å². The number of amides is 2. The number of nitrogens with two attached hydrogens (primary N) is 1. The van der Waals surface area contributed by atoms with Gasteiger partial charge < -0.3 is 30.0 Å². The Morgan fingerprint density at radius 3 is 1.82 bits per heavy atom. The molecule has 0 fully saturated rings. The lowest BCUT2D eigenvalue weighted by molar-refractivity contribution is -0.134. The van der Waals surface area contributed by atoms with Crippen LogP contribution in [0.1, 0.15) is 31.9 Å². The molecule has 12 heteroatoms. The second-order valence-electron chi connectivity index (χ2n) is 7.64. The zero-order valence-electron chi connectivity index (χ0n) is 22.7. The van der Waals surface area contributed by atoms with Crippen LogP contribution in [0.15, 0.2) is 36.4 Å². The number of hydrogen-bond donors (Lipinski definition) is 3. The van der Waals surface area contributed by atoms with Crippen molar-refractivity contribution in [1.29, 1.82) is 0 Å². The molecule has 2 aromatic carbocycles. The van der Waals surface area contributed by atoms with Crippen molar-refractivity contribution in [2.45, 2.75) is 20.8 Å². The third kappa shape index (κ3) is 9.03. The summed E-state index contributed by atoms with van der Waals surface area (Å²) in [6.07, 6.45) is 0. The van der Waals surface area contributed by atoms with E-state index < -0.39 is 17.7 Å². The highest BCUT2D eigenvalue weighted by atomic mass is 32.1. The molecule has 10 nitrogen and oxygen atoms in total. The highest BCUT2D eigenvalue weighted by molar-refractivity contribution is 7.81. The standard InChI is InChI=1S/C15H21N3O4S.C11H15NO2S/c1-5-18(17-14(20)9(2)13(16)19)15(23)11-8-10(21-3)6-7-12(11)22-4;1-4-12-11(15)9-7-8(13-2)5-6-10(9)14-3/h6-9H,5H2,1-4H3,(H2,16,19)(H,17,20);5-7H,4H2,1-3H3,(H,12,15). The van der Waals surface area contributed by atoms with Gasteiger partial charge in [0.15, 0.2) is 0 Å². The van der Waals surface area contributed by atoms with Crippen molar-refractivity contribution in [2.75, 3.05) is 41.5 Å². The van der Waals surface area contributed by atoms with E-state index in [9.17, 15) is 9.59 Å². The smallest absolute Gasteiger partial charge is 0.250 e. The Morgan fingerprint density at radius 2 is 1.39 bits per heavy atom. The van der Waals surface area contributed by atoms with Crippen LogP contribution < -0.4 is 35.4 Å². The predicted molar refractivity (Wildman–Crippen MR) is 155 cm³/mol. The first-order valence-corrected chi connectivity index (χ1v) is 12.5. The van der Waals surface area contributed by atoms with E-state index in [0.29, 0.717) is 33.6 Å². The molecule has 4 N–H and O–H groups in total. The molecule has 0 aliphatic heterocycles. The van der Waals surface area contributed by atoms with Gasteiger partial charge in [0.2, 0.25) is 5.91 Å². The average molecular weight is 565 g/mol. The molecule has 2 amide bonds. The second-order valence-corrected chi connectivity index (χ2v) is 8.44. The number of carbonyl (C=O) groups is 2. The summed E-state index contributed by atoms with van der Waals surface area (Å²) in [6, 6.07) is 10.7. The molecule has 0 bridgehead atoms. The SMILES string of the molecule is CCN(NC(=O)C(C)C(N)=O)C(=S)c1cc(OC)ccc1OC.CCNC(=S)c1cc(OC)ccc1OC. The van der Waals surface area contributed by atoms with Gasteiger partial charge in [-0.05, 0) is 57.2 Å². The maximum Gasteiger partial charge on any atom is 0.250 e. The minimum absolute atomic E-state index is 0.341. The topological polar surface area (TPSA) is 124 Å². The van der Waals surface area contributed by atoms with Crippen molar-refractivity contribution in [1.82, 2.24) is 15.8 Å². The fourth-order valence-corrected chi connectivity index (χ4v) is 3.64. The highest BCUT2D eigenvalue weighted by Gasteiger charge is 2.23. The van der Waals surface area contributed by atoms with Gasteiger partial charge in [-0.25, -0.2) is 0 Å². The van der Waals surface area contributed by atoms with Crippen molar-refractivity contribution in [3.63, 3.8) is 0 Å². The largest absolute Gasteiger partial charge is 0.497 e. The lowest BCUT2D eigenvalue weighted by Crippen LogP contribution is -2.49. The van der Waals surface area contributed by atoms with Gasteiger partial charge in [-0.15, -0.1) is 0 Å². The van der Waals surface area contributed by atoms with Crippen LogP contribution in [-0.2, 0) is 9.59 Å². The molecule has 0 saturated heterocycles. The van der Waals surface area contributed by atoms with Gasteiger partial charge in [0.05, 0.1) is 39.6 Å². The van der Waals surface area contributed by atoms with Gasteiger partial charge in [0, 0.05) is 13.1 Å². The number of carbonyl (C=O) groups excluding carboxylic acids is 2. The predicted octanol–water partition coefficient (Wildman–Crippen LogP) is 2.84. The molecular formula is C26H36N4O6S2.